The maximum Gasteiger partial charge on any atom is 0.275 e. The minimum Gasteiger partial charge on any atom is -0.396 e. The molecule has 1 aliphatic carbocycles. The zero-order valence-electron chi connectivity index (χ0n) is 13.5. The van der Waals surface area contributed by atoms with Crippen molar-refractivity contribution in [3.05, 3.63) is 22.1 Å². The summed E-state index contributed by atoms with van der Waals surface area (Å²) >= 11 is 1.41. The summed E-state index contributed by atoms with van der Waals surface area (Å²) in [6.45, 7) is 2.15. The van der Waals surface area contributed by atoms with Gasteiger partial charge in [0.25, 0.3) is 5.56 Å². The zero-order chi connectivity index (χ0) is 16.2. The molecule has 0 spiro atoms. The molecule has 0 amide bonds. The maximum absolute atomic E-state index is 12.1. The highest BCUT2D eigenvalue weighted by Crippen LogP contribution is 2.30. The van der Waals surface area contributed by atoms with E-state index in [4.69, 9.17) is 0 Å². The molecule has 0 bridgehead atoms. The van der Waals surface area contributed by atoms with E-state index in [0.717, 1.165) is 12.1 Å². The molecular weight excluding hydrogens is 312 g/mol. The first-order valence-electron chi connectivity index (χ1n) is 8.48. The number of fused-ring (bicyclic) bond motifs is 1. The molecule has 6 nitrogen and oxygen atoms in total. The predicted molar refractivity (Wildman–Crippen MR) is 92.2 cm³/mol. The van der Waals surface area contributed by atoms with Crippen LogP contribution in [0.4, 0.5) is 5.13 Å². The lowest BCUT2D eigenvalue weighted by Crippen LogP contribution is -2.31. The number of nitrogens with zero attached hydrogens (tertiary/aromatic N) is 3. The third-order valence-electron chi connectivity index (χ3n) is 4.63. The molecule has 1 saturated carbocycles. The highest BCUT2D eigenvalue weighted by atomic mass is 32.1. The van der Waals surface area contributed by atoms with Crippen LogP contribution in [-0.4, -0.2) is 32.4 Å². The Kier molecular flexibility index (Phi) is 5.27. The number of hydrogen-bond donors (Lipinski definition) is 2. The van der Waals surface area contributed by atoms with Gasteiger partial charge in [0.15, 0.2) is 0 Å². The highest BCUT2D eigenvalue weighted by molar-refractivity contribution is 7.20. The van der Waals surface area contributed by atoms with Crippen molar-refractivity contribution in [1.29, 1.82) is 0 Å². The molecule has 2 heterocycles. The lowest BCUT2D eigenvalue weighted by Gasteiger charge is -2.30. The van der Waals surface area contributed by atoms with Gasteiger partial charge in [-0.3, -0.25) is 4.79 Å². The van der Waals surface area contributed by atoms with Crippen LogP contribution in [0.5, 0.6) is 0 Å². The van der Waals surface area contributed by atoms with E-state index >= 15 is 0 Å². The molecule has 23 heavy (non-hydrogen) atoms. The van der Waals surface area contributed by atoms with Crippen LogP contribution in [0.15, 0.2) is 10.9 Å². The van der Waals surface area contributed by atoms with Crippen LogP contribution in [0.1, 0.15) is 51.1 Å². The summed E-state index contributed by atoms with van der Waals surface area (Å²) < 4.78 is 1.36. The second-order valence-electron chi connectivity index (χ2n) is 6.20. The lowest BCUT2D eigenvalue weighted by atomic mass is 9.83. The van der Waals surface area contributed by atoms with Crippen LogP contribution < -0.4 is 10.9 Å². The monoisotopic (exact) mass is 336 g/mol. The molecule has 0 radical (unpaired) electrons. The molecule has 1 aliphatic rings. The van der Waals surface area contributed by atoms with E-state index in [-0.39, 0.29) is 18.2 Å². The Morgan fingerprint density at radius 1 is 1.43 bits per heavy atom. The minimum absolute atomic E-state index is 0.132. The van der Waals surface area contributed by atoms with Crippen molar-refractivity contribution >= 4 is 21.4 Å². The van der Waals surface area contributed by atoms with Crippen molar-refractivity contribution in [2.45, 2.75) is 57.9 Å². The molecule has 0 saturated heterocycles. The van der Waals surface area contributed by atoms with Gasteiger partial charge in [-0.05, 0) is 31.6 Å². The number of aliphatic hydroxyl groups is 1. The predicted octanol–water partition coefficient (Wildman–Crippen LogP) is 2.46. The Balaban J connectivity index is 1.83. The van der Waals surface area contributed by atoms with Crippen molar-refractivity contribution in [1.82, 2.24) is 14.6 Å². The molecule has 2 aromatic heterocycles. The average molecular weight is 336 g/mol. The molecule has 7 heteroatoms. The van der Waals surface area contributed by atoms with Gasteiger partial charge in [0.2, 0.25) is 10.1 Å². The number of nitrogens with one attached hydrogen (secondary N) is 1. The molecule has 0 aromatic carbocycles. The third-order valence-corrected chi connectivity index (χ3v) is 5.47. The summed E-state index contributed by atoms with van der Waals surface area (Å²) in [5, 5.41) is 17.9. The first-order valence-corrected chi connectivity index (χ1v) is 9.30. The number of aryl methyl sites for hydroxylation is 1. The van der Waals surface area contributed by atoms with Crippen molar-refractivity contribution in [3.8, 4) is 0 Å². The first-order chi connectivity index (χ1) is 11.2. The summed E-state index contributed by atoms with van der Waals surface area (Å²) in [5.74, 6) is 0.568. The third kappa shape index (κ3) is 3.72. The van der Waals surface area contributed by atoms with Crippen LogP contribution in [0, 0.1) is 5.92 Å². The van der Waals surface area contributed by atoms with Gasteiger partial charge in [0.05, 0.1) is 0 Å². The fourth-order valence-electron chi connectivity index (χ4n) is 3.36. The Bertz CT molecular complexity index is 706. The molecule has 2 N–H and O–H groups in total. The van der Waals surface area contributed by atoms with Crippen LogP contribution in [0.25, 0.3) is 4.96 Å². The van der Waals surface area contributed by atoms with Crippen LogP contribution in [-0.2, 0) is 6.42 Å². The summed E-state index contributed by atoms with van der Waals surface area (Å²) in [6, 6.07) is 1.75. The number of rotatable bonds is 6. The second kappa shape index (κ2) is 7.40. The Hall–Kier alpha value is -1.47. The normalized spacial score (nSPS) is 17.5. The quantitative estimate of drug-likeness (QED) is 0.847. The lowest BCUT2D eigenvalue weighted by molar-refractivity contribution is 0.239. The van der Waals surface area contributed by atoms with Gasteiger partial charge in [-0.2, -0.15) is 4.52 Å². The summed E-state index contributed by atoms with van der Waals surface area (Å²) in [7, 11) is 0. The molecular formula is C16H24N4O2S. The standard InChI is InChI=1S/C16H24N4O2S/c1-2-12-10-14(22)20-16(17-12)23-15(19-20)18-13(8-9-21)11-6-4-3-5-7-11/h10-11,13,21H,2-9H2,1H3,(H,18,19)/t13-/m1/s1. The highest BCUT2D eigenvalue weighted by Gasteiger charge is 2.24. The fraction of sp³-hybridized carbons (Fsp3) is 0.688. The molecule has 2 aromatic rings. The van der Waals surface area contributed by atoms with E-state index < -0.39 is 0 Å². The molecule has 0 aliphatic heterocycles. The van der Waals surface area contributed by atoms with Gasteiger partial charge in [0, 0.05) is 24.4 Å². The van der Waals surface area contributed by atoms with Crippen LogP contribution >= 0.6 is 11.3 Å². The van der Waals surface area contributed by atoms with Crippen LogP contribution in [0.2, 0.25) is 0 Å². The van der Waals surface area contributed by atoms with Gasteiger partial charge < -0.3 is 10.4 Å². The number of aromatic nitrogens is 3. The molecule has 1 fully saturated rings. The molecule has 0 unspecified atom stereocenters. The Labute approximate surface area is 139 Å². The number of hydrogen-bond acceptors (Lipinski definition) is 6. The van der Waals surface area contributed by atoms with Gasteiger partial charge in [-0.15, -0.1) is 5.10 Å². The van der Waals surface area contributed by atoms with Crippen molar-refractivity contribution in [3.63, 3.8) is 0 Å². The Morgan fingerprint density at radius 2 is 2.22 bits per heavy atom. The summed E-state index contributed by atoms with van der Waals surface area (Å²) in [6.07, 6.45) is 7.67. The average Bonchev–Trinajstić information content (AvgIpc) is 2.98. The van der Waals surface area contributed by atoms with Gasteiger partial charge in [-0.25, -0.2) is 4.98 Å². The number of aliphatic hydroxyl groups excluding tert-OH is 1. The zero-order valence-corrected chi connectivity index (χ0v) is 14.3. The molecule has 3 rings (SSSR count). The number of anilines is 1. The SMILES string of the molecule is CCc1cc(=O)n2nc(N[C@H](CCO)C3CCCCC3)sc2n1. The van der Waals surface area contributed by atoms with E-state index in [1.165, 1.54) is 48.0 Å². The van der Waals surface area contributed by atoms with Crippen molar-refractivity contribution in [2.75, 3.05) is 11.9 Å². The van der Waals surface area contributed by atoms with Crippen LogP contribution in [0.3, 0.4) is 0 Å². The van der Waals surface area contributed by atoms with Gasteiger partial charge in [-0.1, -0.05) is 37.5 Å². The van der Waals surface area contributed by atoms with Gasteiger partial charge >= 0.3 is 0 Å². The van der Waals surface area contributed by atoms with Crippen molar-refractivity contribution < 1.29 is 5.11 Å². The van der Waals surface area contributed by atoms with E-state index in [1.807, 2.05) is 6.92 Å². The van der Waals surface area contributed by atoms with Crippen molar-refractivity contribution in [2.24, 2.45) is 5.92 Å². The van der Waals surface area contributed by atoms with E-state index in [1.54, 1.807) is 6.07 Å². The largest absolute Gasteiger partial charge is 0.396 e. The first kappa shape index (κ1) is 16.4. The topological polar surface area (TPSA) is 79.5 Å². The fourth-order valence-corrected chi connectivity index (χ4v) is 4.24. The van der Waals surface area contributed by atoms with E-state index in [2.05, 4.69) is 15.4 Å². The summed E-state index contributed by atoms with van der Waals surface area (Å²) in [4.78, 5) is 17.2. The second-order valence-corrected chi connectivity index (χ2v) is 7.16. The maximum atomic E-state index is 12.1. The smallest absolute Gasteiger partial charge is 0.275 e. The van der Waals surface area contributed by atoms with E-state index in [0.29, 0.717) is 22.4 Å². The molecule has 1 atom stereocenters. The van der Waals surface area contributed by atoms with E-state index in [9.17, 15) is 9.90 Å². The van der Waals surface area contributed by atoms with Gasteiger partial charge in [0.1, 0.15) is 0 Å². The summed E-state index contributed by atoms with van der Waals surface area (Å²) in [5.41, 5.74) is 0.664. The Morgan fingerprint density at radius 3 is 2.91 bits per heavy atom. The minimum atomic E-state index is -0.132. The molecule has 126 valence electrons.